The lowest BCUT2D eigenvalue weighted by Crippen LogP contribution is -2.43. The number of hydrogen-bond donors (Lipinski definition) is 1. The number of carbonyl (C=O) groups is 1. The largest absolute Gasteiger partial charge is 0.358 e. The highest BCUT2D eigenvalue weighted by Crippen LogP contribution is 2.26. The molecule has 0 bridgehead atoms. The highest BCUT2D eigenvalue weighted by Gasteiger charge is 2.28. The van der Waals surface area contributed by atoms with Gasteiger partial charge in [0.05, 0.1) is 7.05 Å². The number of nitro groups is 1. The lowest BCUT2D eigenvalue weighted by molar-refractivity contribution is -0.391. The van der Waals surface area contributed by atoms with Crippen LogP contribution in [0.15, 0.2) is 12.1 Å². The first-order valence-corrected chi connectivity index (χ1v) is 7.83. The van der Waals surface area contributed by atoms with Crippen LogP contribution in [-0.4, -0.2) is 26.8 Å². The van der Waals surface area contributed by atoms with Gasteiger partial charge in [0.1, 0.15) is 0 Å². The number of nitrogens with one attached hydrogen (secondary N) is 1. The number of alkyl halides is 1. The molecular formula is C13H18BrN3O3. The lowest BCUT2D eigenvalue weighted by atomic mass is 9.86. The molecule has 1 aliphatic carbocycles. The molecule has 1 amide bonds. The number of rotatable bonds is 4. The fourth-order valence-corrected chi connectivity index (χ4v) is 3.51. The summed E-state index contributed by atoms with van der Waals surface area (Å²) in [6.07, 6.45) is 4.37. The van der Waals surface area contributed by atoms with Gasteiger partial charge in [-0.25, -0.2) is 4.57 Å². The molecule has 0 spiro atoms. The van der Waals surface area contributed by atoms with Crippen molar-refractivity contribution in [3.63, 3.8) is 0 Å². The number of aromatic nitrogens is 1. The third-order valence-electron chi connectivity index (χ3n) is 3.94. The van der Waals surface area contributed by atoms with Crippen molar-refractivity contribution < 1.29 is 9.72 Å². The zero-order valence-corrected chi connectivity index (χ0v) is 12.9. The average Bonchev–Trinajstić information content (AvgIpc) is 2.81. The van der Waals surface area contributed by atoms with E-state index in [1.165, 1.54) is 30.2 Å². The van der Waals surface area contributed by atoms with E-state index in [0.717, 1.165) is 24.6 Å². The van der Waals surface area contributed by atoms with Gasteiger partial charge in [-0.3, -0.25) is 4.79 Å². The predicted molar refractivity (Wildman–Crippen MR) is 79.1 cm³/mol. The summed E-state index contributed by atoms with van der Waals surface area (Å²) in [6, 6.07) is 3.00. The third kappa shape index (κ3) is 3.03. The van der Waals surface area contributed by atoms with Crippen LogP contribution in [-0.2, 0) is 7.05 Å². The molecule has 1 heterocycles. The van der Waals surface area contributed by atoms with Gasteiger partial charge in [-0.1, -0.05) is 28.8 Å². The van der Waals surface area contributed by atoms with Crippen molar-refractivity contribution in [3.05, 3.63) is 27.9 Å². The monoisotopic (exact) mass is 343 g/mol. The number of amides is 1. The fraction of sp³-hybridized carbons (Fsp3) is 0.615. The molecule has 1 N–H and O–H groups in total. The summed E-state index contributed by atoms with van der Waals surface area (Å²) in [5.74, 6) is 0.122. The Hall–Kier alpha value is -1.37. The van der Waals surface area contributed by atoms with Crippen LogP contribution in [0, 0.1) is 16.0 Å². The predicted octanol–water partition coefficient (Wildman–Crippen LogP) is 2.62. The van der Waals surface area contributed by atoms with E-state index in [4.69, 9.17) is 0 Å². The van der Waals surface area contributed by atoms with E-state index in [-0.39, 0.29) is 17.8 Å². The van der Waals surface area contributed by atoms with Crippen LogP contribution in [0.25, 0.3) is 0 Å². The Labute approximate surface area is 125 Å². The first-order valence-electron chi connectivity index (χ1n) is 6.71. The number of carbonyl (C=O) groups excluding carboxylic acids is 1. The van der Waals surface area contributed by atoms with Crippen LogP contribution in [0.2, 0.25) is 0 Å². The fourth-order valence-electron chi connectivity index (χ4n) is 2.74. The van der Waals surface area contributed by atoms with Gasteiger partial charge in [0.15, 0.2) is 5.69 Å². The first-order chi connectivity index (χ1) is 9.54. The van der Waals surface area contributed by atoms with E-state index in [2.05, 4.69) is 21.2 Å². The summed E-state index contributed by atoms with van der Waals surface area (Å²) in [5.41, 5.74) is 0.329. The topological polar surface area (TPSA) is 77.2 Å². The molecule has 20 heavy (non-hydrogen) atoms. The summed E-state index contributed by atoms with van der Waals surface area (Å²) >= 11 is 3.49. The second-order valence-electron chi connectivity index (χ2n) is 5.17. The maximum atomic E-state index is 12.3. The molecule has 0 saturated heterocycles. The summed E-state index contributed by atoms with van der Waals surface area (Å²) in [7, 11) is 1.54. The van der Waals surface area contributed by atoms with Crippen LogP contribution in [0.5, 0.6) is 0 Å². The maximum Gasteiger partial charge on any atom is 0.323 e. The Morgan fingerprint density at radius 3 is 2.80 bits per heavy atom. The van der Waals surface area contributed by atoms with Crippen molar-refractivity contribution >= 4 is 27.7 Å². The SMILES string of the molecule is Cn1c(C(=O)NC2CCCCC2CBr)ccc1[N+](=O)[O-]. The van der Waals surface area contributed by atoms with Gasteiger partial charge in [-0.2, -0.15) is 0 Å². The summed E-state index contributed by atoms with van der Waals surface area (Å²) in [6.45, 7) is 0. The Balaban J connectivity index is 2.10. The number of halogens is 1. The average molecular weight is 344 g/mol. The van der Waals surface area contributed by atoms with Crippen molar-refractivity contribution in [2.75, 3.05) is 5.33 Å². The second kappa shape index (κ2) is 6.39. The maximum absolute atomic E-state index is 12.3. The quantitative estimate of drug-likeness (QED) is 0.518. The van der Waals surface area contributed by atoms with Crippen LogP contribution in [0.4, 0.5) is 5.82 Å². The molecule has 0 aliphatic heterocycles. The molecule has 2 unspecified atom stereocenters. The molecule has 0 aromatic carbocycles. The van der Waals surface area contributed by atoms with Crippen molar-refractivity contribution in [1.29, 1.82) is 0 Å². The van der Waals surface area contributed by atoms with Gasteiger partial charge >= 0.3 is 5.82 Å². The molecule has 1 aliphatic rings. The van der Waals surface area contributed by atoms with Crippen LogP contribution < -0.4 is 5.32 Å². The van der Waals surface area contributed by atoms with Crippen LogP contribution in [0.1, 0.15) is 36.2 Å². The van der Waals surface area contributed by atoms with Gasteiger partial charge in [-0.15, -0.1) is 0 Å². The smallest absolute Gasteiger partial charge is 0.323 e. The molecule has 0 radical (unpaired) electrons. The van der Waals surface area contributed by atoms with E-state index in [1.807, 2.05) is 0 Å². The zero-order valence-electron chi connectivity index (χ0n) is 11.3. The summed E-state index contributed by atoms with van der Waals surface area (Å²) in [5, 5.41) is 14.7. The molecule has 7 heteroatoms. The van der Waals surface area contributed by atoms with Crippen molar-refractivity contribution in [3.8, 4) is 0 Å². The summed E-state index contributed by atoms with van der Waals surface area (Å²) in [4.78, 5) is 22.6. The molecule has 1 aromatic rings. The van der Waals surface area contributed by atoms with Gasteiger partial charge in [-0.05, 0) is 29.7 Å². The van der Waals surface area contributed by atoms with Crippen LogP contribution >= 0.6 is 15.9 Å². The van der Waals surface area contributed by atoms with Gasteiger partial charge in [0, 0.05) is 17.4 Å². The molecule has 2 rings (SSSR count). The molecule has 1 saturated carbocycles. The highest BCUT2D eigenvalue weighted by molar-refractivity contribution is 9.09. The molecule has 110 valence electrons. The number of hydrogen-bond acceptors (Lipinski definition) is 3. The Bertz CT molecular complexity index is 515. The Kier molecular flexibility index (Phi) is 4.80. The van der Waals surface area contributed by atoms with E-state index in [9.17, 15) is 14.9 Å². The Morgan fingerprint density at radius 1 is 1.50 bits per heavy atom. The van der Waals surface area contributed by atoms with Crippen molar-refractivity contribution in [2.45, 2.75) is 31.7 Å². The van der Waals surface area contributed by atoms with E-state index in [1.54, 1.807) is 0 Å². The van der Waals surface area contributed by atoms with Crippen LogP contribution in [0.3, 0.4) is 0 Å². The molecule has 1 fully saturated rings. The lowest BCUT2D eigenvalue weighted by Gasteiger charge is -2.30. The highest BCUT2D eigenvalue weighted by atomic mass is 79.9. The van der Waals surface area contributed by atoms with E-state index < -0.39 is 4.92 Å². The second-order valence-corrected chi connectivity index (χ2v) is 5.82. The van der Waals surface area contributed by atoms with Gasteiger partial charge in [0.25, 0.3) is 5.91 Å². The van der Waals surface area contributed by atoms with Gasteiger partial charge in [0.2, 0.25) is 0 Å². The standard InChI is InChI=1S/C13H18BrN3O3/c1-16-11(6-7-12(16)17(19)20)13(18)15-10-5-3-2-4-9(10)8-14/h6-7,9-10H,2-5,8H2,1H3,(H,15,18). The minimum Gasteiger partial charge on any atom is -0.358 e. The molecular weight excluding hydrogens is 326 g/mol. The summed E-state index contributed by atoms with van der Waals surface area (Å²) < 4.78 is 1.32. The minimum atomic E-state index is -0.487. The third-order valence-corrected chi connectivity index (χ3v) is 4.77. The molecule has 1 aromatic heterocycles. The number of nitrogens with zero attached hydrogens (tertiary/aromatic N) is 2. The first kappa shape index (κ1) is 15.0. The van der Waals surface area contributed by atoms with E-state index >= 15 is 0 Å². The normalized spacial score (nSPS) is 22.5. The zero-order chi connectivity index (χ0) is 14.7. The Morgan fingerprint density at radius 2 is 2.20 bits per heavy atom. The molecule has 2 atom stereocenters. The van der Waals surface area contributed by atoms with Gasteiger partial charge < -0.3 is 15.4 Å². The van der Waals surface area contributed by atoms with E-state index in [0.29, 0.717) is 11.6 Å². The van der Waals surface area contributed by atoms with Crippen molar-refractivity contribution in [2.24, 2.45) is 13.0 Å². The molecule has 6 nitrogen and oxygen atoms in total. The minimum absolute atomic E-state index is 0.0733. The van der Waals surface area contributed by atoms with Crippen molar-refractivity contribution in [1.82, 2.24) is 9.88 Å².